The van der Waals surface area contributed by atoms with Crippen LogP contribution >= 0.6 is 0 Å². The van der Waals surface area contributed by atoms with Crippen molar-refractivity contribution in [2.75, 3.05) is 22.9 Å². The van der Waals surface area contributed by atoms with E-state index in [1.165, 1.54) is 4.90 Å². The fraction of sp³-hybridized carbons (Fsp3) is 0.375. The summed E-state index contributed by atoms with van der Waals surface area (Å²) in [5.41, 5.74) is 5.96. The Morgan fingerprint density at radius 2 is 2.08 bits per heavy atom. The Labute approximate surface area is 146 Å². The summed E-state index contributed by atoms with van der Waals surface area (Å²) in [5, 5.41) is 4.21. The van der Waals surface area contributed by atoms with E-state index in [1.807, 2.05) is 0 Å². The second-order valence-electron chi connectivity index (χ2n) is 6.34. The monoisotopic (exact) mass is 367 g/mol. The zero-order valence-electron chi connectivity index (χ0n) is 13.9. The summed E-state index contributed by atoms with van der Waals surface area (Å²) in [4.78, 5) is 14.0. The lowest BCUT2D eigenvalue weighted by molar-refractivity contribution is 0.145. The normalized spacial score (nSPS) is 19.3. The zero-order valence-corrected chi connectivity index (χ0v) is 13.9. The molecule has 1 fully saturated rings. The van der Waals surface area contributed by atoms with Gasteiger partial charge in [0, 0.05) is 38.0 Å². The maximum Gasteiger partial charge on any atom is 0.414 e. The van der Waals surface area contributed by atoms with Gasteiger partial charge in [0.25, 0.3) is 0 Å². The Morgan fingerprint density at radius 1 is 1.31 bits per heavy atom. The van der Waals surface area contributed by atoms with Crippen molar-refractivity contribution in [3.8, 4) is 0 Å². The molecule has 1 amide bonds. The maximum atomic E-state index is 14.7. The van der Waals surface area contributed by atoms with Crippen LogP contribution in [0.15, 0.2) is 12.3 Å². The largest absolute Gasteiger partial charge is 0.443 e. The van der Waals surface area contributed by atoms with Gasteiger partial charge in [0.1, 0.15) is 11.8 Å². The van der Waals surface area contributed by atoms with Crippen LogP contribution in [0.2, 0.25) is 0 Å². The Morgan fingerprint density at radius 3 is 2.73 bits per heavy atom. The first-order valence-electron chi connectivity index (χ1n) is 8.01. The predicted molar refractivity (Wildman–Crippen MR) is 86.1 cm³/mol. The molecule has 2 N–H and O–H groups in total. The molecule has 26 heavy (non-hydrogen) atoms. The topological polar surface area (TPSA) is 76.6 Å². The molecule has 1 saturated heterocycles. The average Bonchev–Trinajstić information content (AvgIpc) is 3.23. The standard InChI is InChI=1S/C16H16F3N5O2/c1-22-4-8-5-23(7-11(8)21-22)15-10(17)2-12(13(18)14(15)19)24-6-9(3-20)26-16(24)25/h2,4,9H,3,5-7,20H2,1H3/t9-/m0/s1. The Balaban J connectivity index is 1.68. The molecule has 0 aliphatic carbocycles. The first-order valence-corrected chi connectivity index (χ1v) is 8.01. The third kappa shape index (κ3) is 2.48. The molecule has 0 saturated carbocycles. The van der Waals surface area contributed by atoms with Gasteiger partial charge in [-0.3, -0.25) is 9.58 Å². The van der Waals surface area contributed by atoms with Gasteiger partial charge in [-0.25, -0.2) is 18.0 Å². The first-order chi connectivity index (χ1) is 12.4. The van der Waals surface area contributed by atoms with Gasteiger partial charge in [0.05, 0.1) is 24.5 Å². The number of aromatic nitrogens is 2. The number of carbonyl (C=O) groups is 1. The van der Waals surface area contributed by atoms with Gasteiger partial charge in [-0.2, -0.15) is 5.10 Å². The fourth-order valence-electron chi connectivity index (χ4n) is 3.35. The van der Waals surface area contributed by atoms with Crippen molar-refractivity contribution in [3.63, 3.8) is 0 Å². The lowest BCUT2D eigenvalue weighted by atomic mass is 10.2. The minimum atomic E-state index is -1.35. The van der Waals surface area contributed by atoms with Crippen LogP contribution in [0.5, 0.6) is 0 Å². The van der Waals surface area contributed by atoms with Crippen molar-refractivity contribution in [2.24, 2.45) is 12.8 Å². The van der Waals surface area contributed by atoms with Crippen LogP contribution in [0.25, 0.3) is 0 Å². The van der Waals surface area contributed by atoms with E-state index in [0.717, 1.165) is 16.5 Å². The van der Waals surface area contributed by atoms with Crippen LogP contribution in [0.3, 0.4) is 0 Å². The number of fused-ring (bicyclic) bond motifs is 1. The molecule has 1 aromatic carbocycles. The number of ether oxygens (including phenoxy) is 1. The Hall–Kier alpha value is -2.75. The van der Waals surface area contributed by atoms with Gasteiger partial charge in [-0.05, 0) is 0 Å². The van der Waals surface area contributed by atoms with E-state index >= 15 is 0 Å². The lowest BCUT2D eigenvalue weighted by Crippen LogP contribution is -2.29. The molecule has 1 atom stereocenters. The average molecular weight is 367 g/mol. The highest BCUT2D eigenvalue weighted by Crippen LogP contribution is 2.37. The molecule has 0 spiro atoms. The summed E-state index contributed by atoms with van der Waals surface area (Å²) in [5.74, 6) is -3.61. The summed E-state index contributed by atoms with van der Waals surface area (Å²) < 4.78 is 50.4. The summed E-state index contributed by atoms with van der Waals surface area (Å²) >= 11 is 0. The van der Waals surface area contributed by atoms with Gasteiger partial charge in [0.15, 0.2) is 17.5 Å². The second kappa shape index (κ2) is 5.90. The third-order valence-corrected chi connectivity index (χ3v) is 4.55. The molecule has 138 valence electrons. The molecule has 7 nitrogen and oxygen atoms in total. The quantitative estimate of drug-likeness (QED) is 0.835. The van der Waals surface area contributed by atoms with Crippen molar-refractivity contribution in [2.45, 2.75) is 19.2 Å². The minimum absolute atomic E-state index is 0.0341. The summed E-state index contributed by atoms with van der Waals surface area (Å²) in [6.45, 7) is 0.358. The number of benzene rings is 1. The Kier molecular flexibility index (Phi) is 3.79. The highest BCUT2D eigenvalue weighted by molar-refractivity contribution is 5.90. The predicted octanol–water partition coefficient (Wildman–Crippen LogP) is 1.64. The molecule has 1 aromatic heterocycles. The number of aryl methyl sites for hydroxylation is 1. The van der Waals surface area contributed by atoms with E-state index in [1.54, 1.807) is 17.9 Å². The summed E-state index contributed by atoms with van der Waals surface area (Å²) in [7, 11) is 1.75. The lowest BCUT2D eigenvalue weighted by Gasteiger charge is -2.22. The number of rotatable bonds is 3. The molecule has 2 aromatic rings. The van der Waals surface area contributed by atoms with Crippen molar-refractivity contribution in [1.29, 1.82) is 0 Å². The molecule has 0 radical (unpaired) electrons. The molecule has 3 heterocycles. The van der Waals surface area contributed by atoms with Crippen molar-refractivity contribution in [3.05, 3.63) is 41.0 Å². The van der Waals surface area contributed by atoms with Gasteiger partial charge < -0.3 is 15.4 Å². The molecular weight excluding hydrogens is 351 g/mol. The minimum Gasteiger partial charge on any atom is -0.443 e. The first kappa shape index (κ1) is 16.7. The Bertz CT molecular complexity index is 877. The van der Waals surface area contributed by atoms with Crippen molar-refractivity contribution in [1.82, 2.24) is 9.78 Å². The maximum absolute atomic E-state index is 14.7. The van der Waals surface area contributed by atoms with Crippen LogP contribution in [0.1, 0.15) is 11.3 Å². The van der Waals surface area contributed by atoms with E-state index < -0.39 is 41.0 Å². The number of carbonyl (C=O) groups excluding carboxylic acids is 1. The number of nitrogens with zero attached hydrogens (tertiary/aromatic N) is 4. The van der Waals surface area contributed by atoms with Crippen LogP contribution in [0, 0.1) is 17.5 Å². The summed E-state index contributed by atoms with van der Waals surface area (Å²) in [6, 6.07) is 0.810. The smallest absolute Gasteiger partial charge is 0.414 e. The van der Waals surface area contributed by atoms with E-state index in [-0.39, 0.29) is 26.2 Å². The number of hydrogen-bond acceptors (Lipinski definition) is 5. The van der Waals surface area contributed by atoms with Gasteiger partial charge >= 0.3 is 6.09 Å². The number of hydrogen-bond donors (Lipinski definition) is 1. The van der Waals surface area contributed by atoms with Crippen LogP contribution in [-0.2, 0) is 24.9 Å². The molecule has 0 unspecified atom stereocenters. The highest BCUT2D eigenvalue weighted by atomic mass is 19.2. The number of halogens is 3. The number of cyclic esters (lactones) is 1. The van der Waals surface area contributed by atoms with E-state index in [9.17, 15) is 18.0 Å². The number of amides is 1. The van der Waals surface area contributed by atoms with Crippen LogP contribution in [0.4, 0.5) is 29.3 Å². The van der Waals surface area contributed by atoms with Gasteiger partial charge in [-0.1, -0.05) is 0 Å². The highest BCUT2D eigenvalue weighted by Gasteiger charge is 2.36. The summed E-state index contributed by atoms with van der Waals surface area (Å²) in [6.07, 6.45) is 0.222. The number of anilines is 2. The van der Waals surface area contributed by atoms with Crippen molar-refractivity contribution < 1.29 is 22.7 Å². The molecule has 2 aliphatic heterocycles. The van der Waals surface area contributed by atoms with Crippen LogP contribution in [-0.4, -0.2) is 35.1 Å². The van der Waals surface area contributed by atoms with E-state index in [0.29, 0.717) is 5.69 Å². The van der Waals surface area contributed by atoms with E-state index in [2.05, 4.69) is 5.10 Å². The molecule has 10 heteroatoms. The third-order valence-electron chi connectivity index (χ3n) is 4.55. The fourth-order valence-corrected chi connectivity index (χ4v) is 3.35. The molecule has 0 bridgehead atoms. The van der Waals surface area contributed by atoms with E-state index in [4.69, 9.17) is 10.5 Å². The number of nitrogens with two attached hydrogens (primary N) is 1. The SMILES string of the molecule is Cn1cc2c(n1)CN(c1c(F)cc(N3C[C@H](CN)OC3=O)c(F)c1F)C2. The molecule has 4 rings (SSSR count). The van der Waals surface area contributed by atoms with Crippen LogP contribution < -0.4 is 15.5 Å². The molecule has 2 aliphatic rings. The van der Waals surface area contributed by atoms with Crippen molar-refractivity contribution >= 4 is 17.5 Å². The zero-order chi connectivity index (χ0) is 18.6. The second-order valence-corrected chi connectivity index (χ2v) is 6.34. The molecular formula is C16H16F3N5O2. The van der Waals surface area contributed by atoms with Gasteiger partial charge in [0.2, 0.25) is 0 Å². The van der Waals surface area contributed by atoms with Gasteiger partial charge in [-0.15, -0.1) is 0 Å².